The van der Waals surface area contributed by atoms with Gasteiger partial charge in [0.05, 0.1) is 11.3 Å². The highest BCUT2D eigenvalue weighted by Gasteiger charge is 2.29. The average molecular weight is 315 g/mol. The summed E-state index contributed by atoms with van der Waals surface area (Å²) in [6.07, 6.45) is 0. The molecular formula is C17H14FNO4. The van der Waals surface area contributed by atoms with E-state index in [-0.39, 0.29) is 24.7 Å². The van der Waals surface area contributed by atoms with E-state index in [0.29, 0.717) is 34.1 Å². The molecular weight excluding hydrogens is 301 g/mol. The lowest BCUT2D eigenvalue weighted by Crippen LogP contribution is -2.14. The van der Waals surface area contributed by atoms with Gasteiger partial charge in [-0.1, -0.05) is 0 Å². The molecule has 4 rings (SSSR count). The number of rotatable bonds is 1. The minimum absolute atomic E-state index is 0.0127. The van der Waals surface area contributed by atoms with E-state index in [1.54, 1.807) is 43.3 Å². The maximum absolute atomic E-state index is 14.7. The lowest BCUT2D eigenvalue weighted by atomic mass is 9.97. The summed E-state index contributed by atoms with van der Waals surface area (Å²) in [6.45, 7) is 0.102. The molecule has 0 radical (unpaired) electrons. The van der Waals surface area contributed by atoms with Crippen molar-refractivity contribution in [1.29, 1.82) is 0 Å². The number of anilines is 1. The number of carbonyl (C=O) groups excluding carboxylic acids is 1. The van der Waals surface area contributed by atoms with Gasteiger partial charge in [0, 0.05) is 31.3 Å². The van der Waals surface area contributed by atoms with Gasteiger partial charge in [-0.15, -0.1) is 0 Å². The first-order chi connectivity index (χ1) is 11.1. The van der Waals surface area contributed by atoms with Crippen molar-refractivity contribution >= 4 is 11.5 Å². The van der Waals surface area contributed by atoms with Crippen molar-refractivity contribution in [3.8, 4) is 17.2 Å². The third-order valence-electron chi connectivity index (χ3n) is 4.04. The molecule has 0 bridgehead atoms. The smallest absolute Gasteiger partial charge is 0.231 e. The second kappa shape index (κ2) is 4.87. The molecule has 23 heavy (non-hydrogen) atoms. The van der Waals surface area contributed by atoms with Crippen LogP contribution in [0.25, 0.3) is 0 Å². The Morgan fingerprint density at radius 3 is 2.48 bits per heavy atom. The monoisotopic (exact) mass is 315 g/mol. The molecule has 0 aromatic heterocycles. The number of fused-ring (bicyclic) bond motifs is 3. The summed E-state index contributed by atoms with van der Waals surface area (Å²) >= 11 is 0. The number of ether oxygens (including phenoxy) is 3. The first kappa shape index (κ1) is 13.9. The quantitative estimate of drug-likeness (QED) is 0.810. The Morgan fingerprint density at radius 2 is 1.74 bits per heavy atom. The molecule has 2 aliphatic rings. The number of halogens is 1. The number of ketones is 1. The summed E-state index contributed by atoms with van der Waals surface area (Å²) in [5.41, 5.74) is 1.34. The van der Waals surface area contributed by atoms with Crippen LogP contribution in [0.1, 0.15) is 21.5 Å². The second-order valence-corrected chi connectivity index (χ2v) is 5.64. The third kappa shape index (κ3) is 2.02. The normalized spacial score (nSPS) is 14.7. The minimum atomic E-state index is -0.436. The average Bonchev–Trinajstić information content (AvgIpc) is 2.93. The predicted molar refractivity (Wildman–Crippen MR) is 81.1 cm³/mol. The summed E-state index contributed by atoms with van der Waals surface area (Å²) in [6, 6.07) is 6.45. The van der Waals surface area contributed by atoms with Gasteiger partial charge < -0.3 is 19.1 Å². The van der Waals surface area contributed by atoms with E-state index in [1.165, 1.54) is 0 Å². The number of benzene rings is 2. The topological polar surface area (TPSA) is 48.0 Å². The van der Waals surface area contributed by atoms with Crippen molar-refractivity contribution < 1.29 is 23.4 Å². The molecule has 0 aliphatic carbocycles. The van der Waals surface area contributed by atoms with E-state index in [1.807, 2.05) is 0 Å². The van der Waals surface area contributed by atoms with Crippen LogP contribution >= 0.6 is 0 Å². The van der Waals surface area contributed by atoms with E-state index in [0.717, 1.165) is 0 Å². The summed E-state index contributed by atoms with van der Waals surface area (Å²) in [4.78, 5) is 14.5. The molecule has 2 aromatic rings. The van der Waals surface area contributed by atoms with Crippen LogP contribution in [0.4, 0.5) is 10.1 Å². The van der Waals surface area contributed by atoms with Crippen LogP contribution in [-0.2, 0) is 6.61 Å². The molecule has 2 aliphatic heterocycles. The lowest BCUT2D eigenvalue weighted by Gasteiger charge is -2.16. The van der Waals surface area contributed by atoms with Crippen molar-refractivity contribution in [2.24, 2.45) is 0 Å². The van der Waals surface area contributed by atoms with Crippen LogP contribution in [0.5, 0.6) is 17.2 Å². The zero-order valence-corrected chi connectivity index (χ0v) is 12.7. The Bertz CT molecular complexity index is 832. The van der Waals surface area contributed by atoms with Crippen LogP contribution in [0, 0.1) is 5.82 Å². The van der Waals surface area contributed by atoms with E-state index in [4.69, 9.17) is 14.2 Å². The molecule has 0 atom stereocenters. The maximum atomic E-state index is 14.7. The largest absolute Gasteiger partial charge is 0.488 e. The molecule has 2 aromatic carbocycles. The Balaban J connectivity index is 1.87. The molecule has 6 heteroatoms. The lowest BCUT2D eigenvalue weighted by molar-refractivity contribution is 0.103. The van der Waals surface area contributed by atoms with E-state index in [2.05, 4.69) is 0 Å². The molecule has 5 nitrogen and oxygen atoms in total. The minimum Gasteiger partial charge on any atom is -0.488 e. The van der Waals surface area contributed by atoms with Gasteiger partial charge in [-0.2, -0.15) is 0 Å². The predicted octanol–water partition coefficient (Wildman–Crippen LogP) is 2.74. The number of carbonyl (C=O) groups is 1. The van der Waals surface area contributed by atoms with E-state index < -0.39 is 5.82 Å². The highest BCUT2D eigenvalue weighted by molar-refractivity contribution is 6.12. The van der Waals surface area contributed by atoms with Gasteiger partial charge in [0.15, 0.2) is 23.1 Å². The zero-order valence-electron chi connectivity index (χ0n) is 12.7. The second-order valence-electron chi connectivity index (χ2n) is 5.64. The fourth-order valence-electron chi connectivity index (χ4n) is 2.82. The van der Waals surface area contributed by atoms with Crippen LogP contribution < -0.4 is 19.1 Å². The third-order valence-corrected chi connectivity index (χ3v) is 4.04. The number of nitrogens with zero attached hydrogens (tertiary/aromatic N) is 1. The van der Waals surface area contributed by atoms with E-state index >= 15 is 0 Å². The Morgan fingerprint density at radius 1 is 1.00 bits per heavy atom. The standard InChI is InChI=1S/C17H14FNO4/c1-19(2)12-4-3-9-11(16(12)18)7-21-13-6-15-14(22-8-23-15)5-10(13)17(9)20/h3-6H,7-8H2,1-2H3. The molecule has 0 N–H and O–H groups in total. The van der Waals surface area contributed by atoms with Crippen LogP contribution in [-0.4, -0.2) is 26.7 Å². The fraction of sp³-hybridized carbons (Fsp3) is 0.235. The molecule has 0 unspecified atom stereocenters. The number of hydrogen-bond donors (Lipinski definition) is 0. The maximum Gasteiger partial charge on any atom is 0.231 e. The molecule has 0 fully saturated rings. The van der Waals surface area contributed by atoms with Crippen molar-refractivity contribution in [1.82, 2.24) is 0 Å². The summed E-state index contributed by atoms with van der Waals surface area (Å²) in [5, 5.41) is 0. The van der Waals surface area contributed by atoms with Crippen molar-refractivity contribution in [2.75, 3.05) is 25.8 Å². The Kier molecular flexibility index (Phi) is 2.94. The van der Waals surface area contributed by atoms with Gasteiger partial charge in [0.1, 0.15) is 12.4 Å². The van der Waals surface area contributed by atoms with Crippen molar-refractivity contribution in [3.63, 3.8) is 0 Å². The molecule has 118 valence electrons. The summed E-state index contributed by atoms with van der Waals surface area (Å²) in [7, 11) is 3.50. The Hall–Kier alpha value is -2.76. The molecule has 0 saturated carbocycles. The van der Waals surface area contributed by atoms with Crippen LogP contribution in [0.15, 0.2) is 24.3 Å². The highest BCUT2D eigenvalue weighted by Crippen LogP contribution is 2.41. The first-order valence-corrected chi connectivity index (χ1v) is 7.16. The van der Waals surface area contributed by atoms with Gasteiger partial charge in [-0.3, -0.25) is 4.79 Å². The van der Waals surface area contributed by atoms with Gasteiger partial charge in [0.25, 0.3) is 0 Å². The molecule has 0 spiro atoms. The number of hydrogen-bond acceptors (Lipinski definition) is 5. The van der Waals surface area contributed by atoms with Gasteiger partial charge >= 0.3 is 0 Å². The Labute approximate surface area is 132 Å². The molecule has 0 saturated heterocycles. The molecule has 2 heterocycles. The SMILES string of the molecule is CN(C)c1ccc2c(c1F)COc1cc3c(cc1C2=O)OCO3. The van der Waals surface area contributed by atoms with Crippen LogP contribution in [0.3, 0.4) is 0 Å². The van der Waals surface area contributed by atoms with Gasteiger partial charge in [-0.05, 0) is 18.2 Å². The summed E-state index contributed by atoms with van der Waals surface area (Å²) in [5.74, 6) is 0.677. The zero-order chi connectivity index (χ0) is 16.1. The fourth-order valence-corrected chi connectivity index (χ4v) is 2.82. The first-order valence-electron chi connectivity index (χ1n) is 7.16. The molecule has 0 amide bonds. The summed E-state index contributed by atoms with van der Waals surface area (Å²) < 4.78 is 31.0. The van der Waals surface area contributed by atoms with Crippen molar-refractivity contribution in [3.05, 3.63) is 46.8 Å². The van der Waals surface area contributed by atoms with Gasteiger partial charge in [-0.25, -0.2) is 4.39 Å². The van der Waals surface area contributed by atoms with Crippen LogP contribution in [0.2, 0.25) is 0 Å². The van der Waals surface area contributed by atoms with E-state index in [9.17, 15) is 9.18 Å². The van der Waals surface area contributed by atoms with Crippen molar-refractivity contribution in [2.45, 2.75) is 6.61 Å². The van der Waals surface area contributed by atoms with Gasteiger partial charge in [0.2, 0.25) is 6.79 Å². The highest BCUT2D eigenvalue weighted by atomic mass is 19.1.